The smallest absolute Gasteiger partial charge is 0.315 e. The Kier molecular flexibility index (Phi) is 8.25. The first kappa shape index (κ1) is 16.0. The molecule has 0 heterocycles. The molecule has 3 N–H and O–H groups in total. The molecule has 5 nitrogen and oxygen atoms in total. The number of carbonyl (C=O) groups is 1. The largest absolute Gasteiger partial charge is 0.396 e. The summed E-state index contributed by atoms with van der Waals surface area (Å²) in [6.45, 7) is 5.40. The van der Waals surface area contributed by atoms with Crippen molar-refractivity contribution in [1.82, 2.24) is 10.6 Å². The molecule has 0 saturated heterocycles. The van der Waals surface area contributed by atoms with Crippen LogP contribution in [0.5, 0.6) is 0 Å². The van der Waals surface area contributed by atoms with Crippen molar-refractivity contribution in [3.05, 3.63) is 12.7 Å². The van der Waals surface area contributed by atoms with Crippen LogP contribution in [-0.4, -0.2) is 43.5 Å². The lowest BCUT2D eigenvalue weighted by Gasteiger charge is -2.30. The van der Waals surface area contributed by atoms with Crippen LogP contribution < -0.4 is 10.6 Å². The molecule has 0 aromatic carbocycles. The van der Waals surface area contributed by atoms with Gasteiger partial charge in [0.2, 0.25) is 0 Å². The lowest BCUT2D eigenvalue weighted by atomic mass is 9.85. The van der Waals surface area contributed by atoms with Gasteiger partial charge in [-0.25, -0.2) is 4.79 Å². The van der Waals surface area contributed by atoms with Gasteiger partial charge >= 0.3 is 6.03 Å². The Bertz CT molecular complexity index is 271. The van der Waals surface area contributed by atoms with Crippen molar-refractivity contribution >= 4 is 6.03 Å². The number of carbonyl (C=O) groups excluding carboxylic acids is 1. The van der Waals surface area contributed by atoms with Gasteiger partial charge < -0.3 is 20.5 Å². The van der Waals surface area contributed by atoms with Gasteiger partial charge in [0, 0.05) is 25.1 Å². The summed E-state index contributed by atoms with van der Waals surface area (Å²) in [4.78, 5) is 11.7. The number of rotatable bonds is 8. The molecule has 5 heteroatoms. The first-order valence-corrected chi connectivity index (χ1v) is 7.11. The quantitative estimate of drug-likeness (QED) is 0.461. The van der Waals surface area contributed by atoms with Crippen molar-refractivity contribution in [3.63, 3.8) is 0 Å². The van der Waals surface area contributed by atoms with Crippen molar-refractivity contribution in [3.8, 4) is 0 Å². The Balaban J connectivity index is 2.10. The van der Waals surface area contributed by atoms with E-state index in [1.807, 2.05) is 0 Å². The molecule has 1 fully saturated rings. The third-order valence-corrected chi connectivity index (χ3v) is 3.46. The minimum Gasteiger partial charge on any atom is -0.396 e. The van der Waals surface area contributed by atoms with Crippen LogP contribution >= 0.6 is 0 Å². The zero-order chi connectivity index (χ0) is 13.9. The first-order chi connectivity index (χ1) is 9.27. The summed E-state index contributed by atoms with van der Waals surface area (Å²) >= 11 is 0. The number of nitrogens with one attached hydrogen (secondary N) is 2. The van der Waals surface area contributed by atoms with E-state index in [9.17, 15) is 9.90 Å². The van der Waals surface area contributed by atoms with E-state index in [0.29, 0.717) is 19.8 Å². The van der Waals surface area contributed by atoms with Crippen LogP contribution in [0.4, 0.5) is 4.79 Å². The molecule has 0 aliphatic heterocycles. The van der Waals surface area contributed by atoms with E-state index in [2.05, 4.69) is 17.2 Å². The van der Waals surface area contributed by atoms with Gasteiger partial charge in [0.15, 0.2) is 0 Å². The van der Waals surface area contributed by atoms with Crippen molar-refractivity contribution in [1.29, 1.82) is 0 Å². The molecule has 1 saturated carbocycles. The Hall–Kier alpha value is -1.07. The summed E-state index contributed by atoms with van der Waals surface area (Å²) in [7, 11) is 0. The number of amides is 2. The Labute approximate surface area is 115 Å². The second-order valence-electron chi connectivity index (χ2n) is 4.92. The molecule has 0 radical (unpaired) electrons. The van der Waals surface area contributed by atoms with E-state index in [1.54, 1.807) is 6.08 Å². The third kappa shape index (κ3) is 6.59. The lowest BCUT2D eigenvalue weighted by molar-refractivity contribution is 0.137. The standard InChI is InChI=1S/C14H26N2O3/c1-2-3-9-19-10-8-15-14(18)16-13-7-5-4-6-12(13)11-17/h2,12-13,17H,1,3-11H2,(H2,15,16,18). The van der Waals surface area contributed by atoms with Gasteiger partial charge in [-0.2, -0.15) is 0 Å². The van der Waals surface area contributed by atoms with Gasteiger partial charge in [0.1, 0.15) is 0 Å². The molecule has 0 bridgehead atoms. The molecular formula is C14H26N2O3. The molecule has 1 rings (SSSR count). The maximum atomic E-state index is 11.7. The SMILES string of the molecule is C=CCCOCCNC(=O)NC1CCCCC1CO. The highest BCUT2D eigenvalue weighted by Gasteiger charge is 2.25. The number of aliphatic hydroxyl groups is 1. The minimum absolute atomic E-state index is 0.0976. The maximum absolute atomic E-state index is 11.7. The lowest BCUT2D eigenvalue weighted by Crippen LogP contribution is -2.48. The fourth-order valence-electron chi connectivity index (χ4n) is 2.34. The summed E-state index contributed by atoms with van der Waals surface area (Å²) in [5.41, 5.74) is 0. The minimum atomic E-state index is -0.169. The Morgan fingerprint density at radius 3 is 2.89 bits per heavy atom. The van der Waals surface area contributed by atoms with Gasteiger partial charge in [0.05, 0.1) is 13.2 Å². The number of ether oxygens (including phenoxy) is 1. The molecular weight excluding hydrogens is 244 g/mol. The highest BCUT2D eigenvalue weighted by molar-refractivity contribution is 5.74. The van der Waals surface area contributed by atoms with Gasteiger partial charge in [-0.3, -0.25) is 0 Å². The molecule has 19 heavy (non-hydrogen) atoms. The maximum Gasteiger partial charge on any atom is 0.315 e. The van der Waals surface area contributed by atoms with E-state index in [1.165, 1.54) is 0 Å². The van der Waals surface area contributed by atoms with Crippen LogP contribution in [0.15, 0.2) is 12.7 Å². The third-order valence-electron chi connectivity index (χ3n) is 3.46. The zero-order valence-corrected chi connectivity index (χ0v) is 11.6. The van der Waals surface area contributed by atoms with Crippen molar-refractivity contribution in [2.75, 3.05) is 26.4 Å². The van der Waals surface area contributed by atoms with Gasteiger partial charge in [-0.15, -0.1) is 6.58 Å². The summed E-state index contributed by atoms with van der Waals surface area (Å²) in [6, 6.07) is -0.0712. The molecule has 1 aliphatic rings. The summed E-state index contributed by atoms with van der Waals surface area (Å²) in [6.07, 6.45) is 6.83. The topological polar surface area (TPSA) is 70.6 Å². The summed E-state index contributed by atoms with van der Waals surface area (Å²) < 4.78 is 5.30. The highest BCUT2D eigenvalue weighted by Crippen LogP contribution is 2.23. The van der Waals surface area contributed by atoms with Gasteiger partial charge in [-0.1, -0.05) is 18.9 Å². The number of aliphatic hydroxyl groups excluding tert-OH is 1. The molecule has 0 aromatic heterocycles. The van der Waals surface area contributed by atoms with Crippen LogP contribution in [-0.2, 0) is 4.74 Å². The fraction of sp³-hybridized carbons (Fsp3) is 0.786. The van der Waals surface area contributed by atoms with Crippen LogP contribution in [0, 0.1) is 5.92 Å². The van der Waals surface area contributed by atoms with Crippen molar-refractivity contribution in [2.24, 2.45) is 5.92 Å². The summed E-state index contributed by atoms with van der Waals surface area (Å²) in [5, 5.41) is 15.0. The van der Waals surface area contributed by atoms with E-state index >= 15 is 0 Å². The van der Waals surface area contributed by atoms with E-state index in [4.69, 9.17) is 4.74 Å². The van der Waals surface area contributed by atoms with Gasteiger partial charge in [0.25, 0.3) is 0 Å². The van der Waals surface area contributed by atoms with Crippen molar-refractivity contribution in [2.45, 2.75) is 38.1 Å². The molecule has 0 spiro atoms. The molecule has 1 aliphatic carbocycles. The van der Waals surface area contributed by atoms with E-state index < -0.39 is 0 Å². The predicted molar refractivity (Wildman–Crippen MR) is 75.0 cm³/mol. The Morgan fingerprint density at radius 1 is 1.37 bits per heavy atom. The monoisotopic (exact) mass is 270 g/mol. The van der Waals surface area contributed by atoms with Crippen LogP contribution in [0.3, 0.4) is 0 Å². The summed E-state index contributed by atoms with van der Waals surface area (Å²) in [5.74, 6) is 0.198. The average molecular weight is 270 g/mol. The number of urea groups is 1. The highest BCUT2D eigenvalue weighted by atomic mass is 16.5. The first-order valence-electron chi connectivity index (χ1n) is 7.11. The molecule has 110 valence electrons. The van der Waals surface area contributed by atoms with E-state index in [-0.39, 0.29) is 24.6 Å². The van der Waals surface area contributed by atoms with Crippen LogP contribution in [0.25, 0.3) is 0 Å². The predicted octanol–water partition coefficient (Wildman–Crippen LogP) is 1.43. The van der Waals surface area contributed by atoms with Crippen LogP contribution in [0.2, 0.25) is 0 Å². The van der Waals surface area contributed by atoms with Crippen molar-refractivity contribution < 1.29 is 14.6 Å². The average Bonchev–Trinajstić information content (AvgIpc) is 2.43. The number of hydrogen-bond donors (Lipinski definition) is 3. The fourth-order valence-corrected chi connectivity index (χ4v) is 2.34. The number of hydrogen-bond acceptors (Lipinski definition) is 3. The second-order valence-corrected chi connectivity index (χ2v) is 4.92. The normalized spacial score (nSPS) is 22.8. The molecule has 2 amide bonds. The van der Waals surface area contributed by atoms with Gasteiger partial charge in [-0.05, 0) is 19.3 Å². The molecule has 0 aromatic rings. The Morgan fingerprint density at radius 2 is 2.16 bits per heavy atom. The zero-order valence-electron chi connectivity index (χ0n) is 11.6. The molecule has 2 unspecified atom stereocenters. The van der Waals surface area contributed by atoms with E-state index in [0.717, 1.165) is 32.1 Å². The van der Waals surface area contributed by atoms with Crippen LogP contribution in [0.1, 0.15) is 32.1 Å². The molecule has 2 atom stereocenters. The second kappa shape index (κ2) is 9.81.